The highest BCUT2D eigenvalue weighted by molar-refractivity contribution is 7.89. The minimum Gasteiger partial charge on any atom is -0.296 e. The zero-order valence-electron chi connectivity index (χ0n) is 14.4. The van der Waals surface area contributed by atoms with Crippen molar-refractivity contribution >= 4 is 21.4 Å². The van der Waals surface area contributed by atoms with Crippen LogP contribution in [0.2, 0.25) is 0 Å². The zero-order valence-corrected chi connectivity index (χ0v) is 16.1. The molecule has 3 rings (SSSR count). The SMILES string of the molecule is Cc1cc(C)c(S(=O)(=O)N2CCN(Cc3ccsc3)CC2)c(C)c1. The maximum Gasteiger partial charge on any atom is 0.243 e. The van der Waals surface area contributed by atoms with Gasteiger partial charge in [0.15, 0.2) is 0 Å². The third kappa shape index (κ3) is 3.57. The minimum absolute atomic E-state index is 0.486. The van der Waals surface area contributed by atoms with Crippen LogP contribution in [0.15, 0.2) is 33.9 Å². The van der Waals surface area contributed by atoms with Gasteiger partial charge in [-0.3, -0.25) is 4.90 Å². The van der Waals surface area contributed by atoms with Gasteiger partial charge in [-0.2, -0.15) is 15.6 Å². The van der Waals surface area contributed by atoms with Crippen molar-refractivity contribution in [1.82, 2.24) is 9.21 Å². The Kier molecular flexibility index (Phi) is 5.11. The van der Waals surface area contributed by atoms with E-state index in [1.807, 2.05) is 32.9 Å². The Morgan fingerprint density at radius 1 is 1.04 bits per heavy atom. The fraction of sp³-hybridized carbons (Fsp3) is 0.444. The lowest BCUT2D eigenvalue weighted by Crippen LogP contribution is -2.48. The molecule has 24 heavy (non-hydrogen) atoms. The van der Waals surface area contributed by atoms with E-state index in [1.165, 1.54) is 5.56 Å². The second kappa shape index (κ2) is 6.96. The van der Waals surface area contributed by atoms with E-state index in [0.29, 0.717) is 18.0 Å². The molecule has 0 spiro atoms. The summed E-state index contributed by atoms with van der Waals surface area (Å²) in [4.78, 5) is 2.81. The molecule has 2 aromatic rings. The van der Waals surface area contributed by atoms with Gasteiger partial charge in [-0.25, -0.2) is 8.42 Å². The number of hydrogen-bond donors (Lipinski definition) is 0. The first-order valence-corrected chi connectivity index (χ1v) is 10.6. The number of hydrogen-bond acceptors (Lipinski definition) is 4. The molecule has 1 aliphatic heterocycles. The van der Waals surface area contributed by atoms with Gasteiger partial charge in [-0.15, -0.1) is 0 Å². The summed E-state index contributed by atoms with van der Waals surface area (Å²) in [7, 11) is -3.42. The number of nitrogens with zero attached hydrogens (tertiary/aromatic N) is 2. The number of aryl methyl sites for hydroxylation is 3. The molecule has 0 unspecified atom stereocenters. The molecule has 4 nitrogen and oxygen atoms in total. The Bertz CT molecular complexity index is 783. The molecule has 0 atom stereocenters. The molecule has 0 saturated carbocycles. The summed E-state index contributed by atoms with van der Waals surface area (Å²) in [5.41, 5.74) is 4.09. The molecule has 0 amide bonds. The fourth-order valence-electron chi connectivity index (χ4n) is 3.47. The van der Waals surface area contributed by atoms with Crippen molar-refractivity contribution in [3.63, 3.8) is 0 Å². The van der Waals surface area contributed by atoms with Crippen molar-refractivity contribution in [3.8, 4) is 0 Å². The van der Waals surface area contributed by atoms with E-state index in [4.69, 9.17) is 0 Å². The molecule has 6 heteroatoms. The van der Waals surface area contributed by atoms with Gasteiger partial charge in [-0.05, 0) is 54.3 Å². The van der Waals surface area contributed by atoms with Crippen molar-refractivity contribution in [2.45, 2.75) is 32.2 Å². The topological polar surface area (TPSA) is 40.6 Å². The standard InChI is InChI=1S/C18H24N2O2S2/c1-14-10-15(2)18(16(3)11-14)24(21,22)20-7-5-19(6-8-20)12-17-4-9-23-13-17/h4,9-11,13H,5-8,12H2,1-3H3. The van der Waals surface area contributed by atoms with Gasteiger partial charge in [0.2, 0.25) is 10.0 Å². The lowest BCUT2D eigenvalue weighted by atomic mass is 10.1. The van der Waals surface area contributed by atoms with Gasteiger partial charge in [0.25, 0.3) is 0 Å². The maximum atomic E-state index is 13.1. The summed E-state index contributed by atoms with van der Waals surface area (Å²) in [5.74, 6) is 0. The van der Waals surface area contributed by atoms with Crippen LogP contribution in [0.4, 0.5) is 0 Å². The van der Waals surface area contributed by atoms with Crippen molar-refractivity contribution in [1.29, 1.82) is 0 Å². The highest BCUT2D eigenvalue weighted by atomic mass is 32.2. The van der Waals surface area contributed by atoms with E-state index >= 15 is 0 Å². The van der Waals surface area contributed by atoms with Crippen molar-refractivity contribution in [3.05, 3.63) is 51.2 Å². The largest absolute Gasteiger partial charge is 0.296 e. The summed E-state index contributed by atoms with van der Waals surface area (Å²) in [6, 6.07) is 6.03. The van der Waals surface area contributed by atoms with Crippen molar-refractivity contribution < 1.29 is 8.42 Å². The molecule has 130 valence electrons. The lowest BCUT2D eigenvalue weighted by molar-refractivity contribution is 0.181. The lowest BCUT2D eigenvalue weighted by Gasteiger charge is -2.34. The monoisotopic (exact) mass is 364 g/mol. The second-order valence-electron chi connectivity index (χ2n) is 6.54. The highest BCUT2D eigenvalue weighted by Crippen LogP contribution is 2.26. The molecule has 1 aromatic carbocycles. The fourth-order valence-corrected chi connectivity index (χ4v) is 5.97. The highest BCUT2D eigenvalue weighted by Gasteiger charge is 2.30. The van der Waals surface area contributed by atoms with E-state index in [9.17, 15) is 8.42 Å². The second-order valence-corrected chi connectivity index (χ2v) is 9.19. The quantitative estimate of drug-likeness (QED) is 0.837. The summed E-state index contributed by atoms with van der Waals surface area (Å²) in [6.45, 7) is 9.34. The van der Waals surface area contributed by atoms with Gasteiger partial charge in [0.1, 0.15) is 0 Å². The van der Waals surface area contributed by atoms with Crippen molar-refractivity contribution in [2.75, 3.05) is 26.2 Å². The van der Waals surface area contributed by atoms with E-state index < -0.39 is 10.0 Å². The molecule has 1 aliphatic rings. The number of thiophene rings is 1. The zero-order chi connectivity index (χ0) is 17.3. The van der Waals surface area contributed by atoms with Gasteiger partial charge in [-0.1, -0.05) is 17.7 Å². The first-order chi connectivity index (χ1) is 11.4. The van der Waals surface area contributed by atoms with Crippen LogP contribution in [-0.4, -0.2) is 43.8 Å². The summed E-state index contributed by atoms with van der Waals surface area (Å²) in [6.07, 6.45) is 0. The normalized spacial score (nSPS) is 17.3. The minimum atomic E-state index is -3.42. The maximum absolute atomic E-state index is 13.1. The molecule has 0 radical (unpaired) electrons. The molecule has 1 saturated heterocycles. The molecule has 0 N–H and O–H groups in total. The van der Waals surface area contributed by atoms with E-state index in [2.05, 4.69) is 21.7 Å². The van der Waals surface area contributed by atoms with Crippen LogP contribution in [0, 0.1) is 20.8 Å². The first kappa shape index (κ1) is 17.6. The third-order valence-electron chi connectivity index (χ3n) is 4.52. The molecule has 1 aromatic heterocycles. The Balaban J connectivity index is 1.73. The van der Waals surface area contributed by atoms with Crippen molar-refractivity contribution in [2.24, 2.45) is 0 Å². The predicted octanol–water partition coefficient (Wildman–Crippen LogP) is 3.18. The number of benzene rings is 1. The Morgan fingerprint density at radius 2 is 1.67 bits per heavy atom. The van der Waals surface area contributed by atoms with E-state index in [-0.39, 0.29) is 0 Å². The Morgan fingerprint density at radius 3 is 2.21 bits per heavy atom. The van der Waals surface area contributed by atoms with Crippen LogP contribution in [0.1, 0.15) is 22.3 Å². The summed E-state index contributed by atoms with van der Waals surface area (Å²) < 4.78 is 27.8. The predicted molar refractivity (Wildman–Crippen MR) is 99.0 cm³/mol. The Hall–Kier alpha value is -1.21. The van der Waals surface area contributed by atoms with Gasteiger partial charge < -0.3 is 0 Å². The van der Waals surface area contributed by atoms with Gasteiger partial charge in [0, 0.05) is 32.7 Å². The number of sulfonamides is 1. The molecule has 1 fully saturated rings. The molecule has 0 bridgehead atoms. The Labute approximate surface area is 148 Å². The van der Waals surface area contributed by atoms with Gasteiger partial charge >= 0.3 is 0 Å². The summed E-state index contributed by atoms with van der Waals surface area (Å²) in [5, 5.41) is 4.24. The third-order valence-corrected chi connectivity index (χ3v) is 7.46. The molecule has 2 heterocycles. The van der Waals surface area contributed by atoms with E-state index in [0.717, 1.165) is 36.3 Å². The molecular weight excluding hydrogens is 340 g/mol. The summed E-state index contributed by atoms with van der Waals surface area (Å²) >= 11 is 1.70. The average Bonchev–Trinajstić information content (AvgIpc) is 2.99. The van der Waals surface area contributed by atoms with Crippen LogP contribution in [0.5, 0.6) is 0 Å². The first-order valence-electron chi connectivity index (χ1n) is 8.19. The molecular formula is C18H24N2O2S2. The van der Waals surface area contributed by atoms with Crippen LogP contribution in [-0.2, 0) is 16.6 Å². The van der Waals surface area contributed by atoms with Crippen LogP contribution < -0.4 is 0 Å². The average molecular weight is 365 g/mol. The number of rotatable bonds is 4. The van der Waals surface area contributed by atoms with Crippen LogP contribution in [0.25, 0.3) is 0 Å². The molecule has 0 aliphatic carbocycles. The smallest absolute Gasteiger partial charge is 0.243 e. The van der Waals surface area contributed by atoms with E-state index in [1.54, 1.807) is 15.6 Å². The van der Waals surface area contributed by atoms with Gasteiger partial charge in [0.05, 0.1) is 4.90 Å². The van der Waals surface area contributed by atoms with Crippen LogP contribution in [0.3, 0.4) is 0 Å². The van der Waals surface area contributed by atoms with Crippen LogP contribution >= 0.6 is 11.3 Å². The number of piperazine rings is 1.